The minimum Gasteiger partial charge on any atom is -0.398 e. The van der Waals surface area contributed by atoms with Gasteiger partial charge in [-0.3, -0.25) is 4.79 Å². The van der Waals surface area contributed by atoms with Gasteiger partial charge in [0.25, 0.3) is 0 Å². The summed E-state index contributed by atoms with van der Waals surface area (Å²) in [5.41, 5.74) is 7.44. The highest BCUT2D eigenvalue weighted by Gasteiger charge is 2.11. The number of carbonyl (C=O) groups excluding carboxylic acids is 1. The second-order valence-electron chi connectivity index (χ2n) is 3.69. The number of halogens is 3. The molecule has 2 nitrogen and oxygen atoms in total. The van der Waals surface area contributed by atoms with Crippen molar-refractivity contribution in [2.45, 2.75) is 0 Å². The Morgan fingerprint density at radius 1 is 1.17 bits per heavy atom. The average molecular weight is 436 g/mol. The molecule has 0 unspecified atom stereocenters. The van der Waals surface area contributed by atoms with E-state index in [1.807, 2.05) is 6.07 Å². The van der Waals surface area contributed by atoms with Gasteiger partial charge < -0.3 is 5.73 Å². The predicted molar refractivity (Wildman–Crippen MR) is 86.2 cm³/mol. The number of nitrogen functional groups attached to an aromatic ring is 1. The molecule has 0 fully saturated rings. The number of carbonyl (C=O) groups is 1. The van der Waals surface area contributed by atoms with E-state index in [4.69, 9.17) is 17.3 Å². The fourth-order valence-corrected chi connectivity index (χ4v) is 2.37. The van der Waals surface area contributed by atoms with Gasteiger partial charge in [0.1, 0.15) is 0 Å². The van der Waals surface area contributed by atoms with Crippen LogP contribution in [0.25, 0.3) is 0 Å². The van der Waals surface area contributed by atoms with Crippen molar-refractivity contribution in [1.29, 1.82) is 0 Å². The number of nitrogens with two attached hydrogens (primary N) is 1. The third-order valence-electron chi connectivity index (χ3n) is 2.44. The molecule has 2 rings (SSSR count). The lowest BCUT2D eigenvalue weighted by Gasteiger charge is -2.05. The van der Waals surface area contributed by atoms with Crippen molar-refractivity contribution < 1.29 is 4.79 Å². The highest BCUT2D eigenvalue weighted by Crippen LogP contribution is 2.24. The van der Waals surface area contributed by atoms with Gasteiger partial charge in [0.05, 0.1) is 5.02 Å². The Hall–Kier alpha value is -0.590. The van der Waals surface area contributed by atoms with Gasteiger partial charge in [0.2, 0.25) is 0 Å². The quantitative estimate of drug-likeness (QED) is 0.427. The Morgan fingerprint density at radius 3 is 2.39 bits per heavy atom. The van der Waals surface area contributed by atoms with E-state index in [9.17, 15) is 4.79 Å². The van der Waals surface area contributed by atoms with E-state index in [1.54, 1.807) is 30.3 Å². The van der Waals surface area contributed by atoms with E-state index in [0.29, 0.717) is 26.3 Å². The monoisotopic (exact) mass is 435 g/mol. The summed E-state index contributed by atoms with van der Waals surface area (Å²) < 4.78 is 1.63. The molecule has 0 amide bonds. The highest BCUT2D eigenvalue weighted by atomic mass is 127. The lowest BCUT2D eigenvalue weighted by molar-refractivity contribution is 0.103. The van der Waals surface area contributed by atoms with Gasteiger partial charge in [0.15, 0.2) is 5.78 Å². The summed E-state index contributed by atoms with van der Waals surface area (Å²) in [4.78, 5) is 12.3. The third kappa shape index (κ3) is 2.87. The molecular formula is C13H8BrClINO. The summed E-state index contributed by atoms with van der Waals surface area (Å²) in [6.45, 7) is 0. The zero-order valence-corrected chi connectivity index (χ0v) is 13.6. The molecule has 0 aromatic heterocycles. The van der Waals surface area contributed by atoms with Crippen LogP contribution >= 0.6 is 50.1 Å². The van der Waals surface area contributed by atoms with Crippen LogP contribution in [0.3, 0.4) is 0 Å². The van der Waals surface area contributed by atoms with E-state index < -0.39 is 0 Å². The molecule has 0 aliphatic heterocycles. The number of rotatable bonds is 2. The van der Waals surface area contributed by atoms with Gasteiger partial charge in [-0.2, -0.15) is 0 Å². The lowest BCUT2D eigenvalue weighted by Crippen LogP contribution is -2.02. The van der Waals surface area contributed by atoms with Crippen molar-refractivity contribution >= 4 is 61.6 Å². The second-order valence-corrected chi connectivity index (χ2v) is 6.12. The first-order valence-corrected chi connectivity index (χ1v) is 7.29. The fourth-order valence-electron chi connectivity index (χ4n) is 1.47. The first-order valence-electron chi connectivity index (χ1n) is 5.04. The van der Waals surface area contributed by atoms with E-state index >= 15 is 0 Å². The minimum atomic E-state index is -0.0750. The van der Waals surface area contributed by atoms with Gasteiger partial charge in [-0.15, -0.1) is 0 Å². The smallest absolute Gasteiger partial charge is 0.193 e. The maximum atomic E-state index is 12.3. The predicted octanol–water partition coefficient (Wildman–Crippen LogP) is 4.52. The zero-order chi connectivity index (χ0) is 13.3. The molecule has 2 N–H and O–H groups in total. The Labute approximate surface area is 132 Å². The molecule has 2 aromatic carbocycles. The van der Waals surface area contributed by atoms with Crippen LogP contribution < -0.4 is 5.73 Å². The molecule has 92 valence electrons. The summed E-state index contributed by atoms with van der Waals surface area (Å²) >= 11 is 11.4. The molecule has 0 atom stereocenters. The van der Waals surface area contributed by atoms with Gasteiger partial charge in [-0.1, -0.05) is 11.6 Å². The molecular weight excluding hydrogens is 428 g/mol. The van der Waals surface area contributed by atoms with Crippen molar-refractivity contribution in [3.63, 3.8) is 0 Å². The molecule has 18 heavy (non-hydrogen) atoms. The van der Waals surface area contributed by atoms with Gasteiger partial charge in [0, 0.05) is 24.9 Å². The first-order chi connectivity index (χ1) is 8.49. The van der Waals surface area contributed by atoms with Crippen molar-refractivity contribution in [2.24, 2.45) is 0 Å². The summed E-state index contributed by atoms with van der Waals surface area (Å²) in [7, 11) is 0. The standard InChI is InChI=1S/C13H8BrClINO/c14-9-5-7(2-4-12(9)17)13(18)8-1-3-11(16)10(15)6-8/h1-6H,17H2. The molecule has 0 aliphatic rings. The van der Waals surface area contributed by atoms with E-state index in [-0.39, 0.29) is 5.78 Å². The van der Waals surface area contributed by atoms with Crippen LogP contribution in [0.2, 0.25) is 5.02 Å². The van der Waals surface area contributed by atoms with Gasteiger partial charge in [-0.05, 0) is 74.9 Å². The molecule has 0 saturated heterocycles. The number of ketones is 1. The van der Waals surface area contributed by atoms with Gasteiger partial charge in [-0.25, -0.2) is 0 Å². The average Bonchev–Trinajstić information content (AvgIpc) is 2.35. The maximum Gasteiger partial charge on any atom is 0.193 e. The normalized spacial score (nSPS) is 10.4. The van der Waals surface area contributed by atoms with Gasteiger partial charge >= 0.3 is 0 Å². The molecule has 0 heterocycles. The number of anilines is 1. The van der Waals surface area contributed by atoms with Crippen LogP contribution in [0.4, 0.5) is 5.69 Å². The van der Waals surface area contributed by atoms with Crippen LogP contribution in [0, 0.1) is 3.57 Å². The Morgan fingerprint density at radius 2 is 1.78 bits per heavy atom. The second kappa shape index (κ2) is 5.59. The SMILES string of the molecule is Nc1ccc(C(=O)c2ccc(I)c(Cl)c2)cc1Br. The number of benzene rings is 2. The highest BCUT2D eigenvalue weighted by molar-refractivity contribution is 14.1. The topological polar surface area (TPSA) is 43.1 Å². The van der Waals surface area contributed by atoms with Crippen LogP contribution in [-0.4, -0.2) is 5.78 Å². The maximum absolute atomic E-state index is 12.3. The molecule has 5 heteroatoms. The van der Waals surface area contributed by atoms with E-state index in [2.05, 4.69) is 38.5 Å². The Kier molecular flexibility index (Phi) is 4.29. The third-order valence-corrected chi connectivity index (χ3v) is 4.70. The summed E-state index contributed by atoms with van der Waals surface area (Å²) in [5.74, 6) is -0.0750. The van der Waals surface area contributed by atoms with Crippen molar-refractivity contribution in [3.8, 4) is 0 Å². The first kappa shape index (κ1) is 13.8. The van der Waals surface area contributed by atoms with Crippen molar-refractivity contribution in [2.75, 3.05) is 5.73 Å². The van der Waals surface area contributed by atoms with Crippen LogP contribution in [0.1, 0.15) is 15.9 Å². The largest absolute Gasteiger partial charge is 0.398 e. The van der Waals surface area contributed by atoms with E-state index in [1.165, 1.54) is 0 Å². The van der Waals surface area contributed by atoms with Crippen molar-refractivity contribution in [3.05, 3.63) is 60.6 Å². The summed E-state index contributed by atoms with van der Waals surface area (Å²) in [6, 6.07) is 10.4. The van der Waals surface area contributed by atoms with Crippen LogP contribution in [0.5, 0.6) is 0 Å². The molecule has 0 aliphatic carbocycles. The fraction of sp³-hybridized carbons (Fsp3) is 0. The van der Waals surface area contributed by atoms with Crippen LogP contribution in [0.15, 0.2) is 40.9 Å². The van der Waals surface area contributed by atoms with E-state index in [0.717, 1.165) is 3.57 Å². The number of hydrogen-bond donors (Lipinski definition) is 1. The molecule has 0 bridgehead atoms. The van der Waals surface area contributed by atoms with Crippen LogP contribution in [-0.2, 0) is 0 Å². The molecule has 0 spiro atoms. The summed E-state index contributed by atoms with van der Waals surface area (Å²) in [6.07, 6.45) is 0. The zero-order valence-electron chi connectivity index (χ0n) is 9.08. The number of hydrogen-bond acceptors (Lipinski definition) is 2. The molecule has 0 radical (unpaired) electrons. The Bertz CT molecular complexity index is 577. The van der Waals surface area contributed by atoms with Crippen molar-refractivity contribution in [1.82, 2.24) is 0 Å². The lowest BCUT2D eigenvalue weighted by atomic mass is 10.0. The molecule has 2 aromatic rings. The molecule has 0 saturated carbocycles. The Balaban J connectivity index is 2.41. The summed E-state index contributed by atoms with van der Waals surface area (Å²) in [5, 5.41) is 0.580. The minimum absolute atomic E-state index is 0.0750.